The lowest BCUT2D eigenvalue weighted by Crippen LogP contribution is -2.42. The fourth-order valence-corrected chi connectivity index (χ4v) is 4.33. The number of aliphatic hydroxyl groups excluding tert-OH is 1. The minimum absolute atomic E-state index is 0.0291. The Kier molecular flexibility index (Phi) is 4.69. The van der Waals surface area contributed by atoms with E-state index in [0.29, 0.717) is 47.6 Å². The molecule has 162 valence electrons. The van der Waals surface area contributed by atoms with Crippen molar-refractivity contribution in [1.29, 1.82) is 0 Å². The number of rotatable bonds is 4. The van der Waals surface area contributed by atoms with E-state index in [4.69, 9.17) is 4.42 Å². The minimum atomic E-state index is -0.517. The van der Waals surface area contributed by atoms with E-state index >= 15 is 0 Å². The summed E-state index contributed by atoms with van der Waals surface area (Å²) >= 11 is 0. The number of fused-ring (bicyclic) bond motifs is 1. The van der Waals surface area contributed by atoms with Gasteiger partial charge in [0.15, 0.2) is 0 Å². The van der Waals surface area contributed by atoms with Gasteiger partial charge in [-0.15, -0.1) is 0 Å². The Morgan fingerprint density at radius 1 is 1.29 bits per heavy atom. The number of hydrogen-bond acceptors (Lipinski definition) is 6. The quantitative estimate of drug-likeness (QED) is 0.659. The summed E-state index contributed by atoms with van der Waals surface area (Å²) in [6, 6.07) is 5.74. The van der Waals surface area contributed by atoms with Gasteiger partial charge in [0.2, 0.25) is 5.71 Å². The molecule has 1 aliphatic heterocycles. The van der Waals surface area contributed by atoms with Gasteiger partial charge in [0.25, 0.3) is 5.91 Å². The van der Waals surface area contributed by atoms with Crippen LogP contribution in [-0.2, 0) is 0 Å². The molecule has 2 aromatic heterocycles. The van der Waals surface area contributed by atoms with Crippen LogP contribution in [0.4, 0.5) is 10.2 Å². The molecule has 3 heterocycles. The topological polar surface area (TPSA) is 91.5 Å². The fourth-order valence-electron chi connectivity index (χ4n) is 4.33. The fraction of sp³-hybridized carbons (Fsp3) is 0.435. The van der Waals surface area contributed by atoms with E-state index in [2.05, 4.69) is 22.2 Å². The summed E-state index contributed by atoms with van der Waals surface area (Å²) < 4.78 is 19.3. The first-order valence-corrected chi connectivity index (χ1v) is 10.6. The van der Waals surface area contributed by atoms with Crippen LogP contribution in [-0.4, -0.2) is 44.1 Å². The molecule has 0 radical (unpaired) electrons. The van der Waals surface area contributed by atoms with Gasteiger partial charge >= 0.3 is 0 Å². The number of nitrogens with one attached hydrogen (secondary N) is 1. The van der Waals surface area contributed by atoms with Crippen LogP contribution in [0, 0.1) is 12.7 Å². The second-order valence-corrected chi connectivity index (χ2v) is 8.87. The molecule has 2 aliphatic rings. The molecule has 2 unspecified atom stereocenters. The van der Waals surface area contributed by atoms with E-state index in [0.717, 1.165) is 18.4 Å². The number of carbonyl (C=O) groups excluding carboxylic acids is 1. The number of aliphatic hydroxyl groups is 1. The van der Waals surface area contributed by atoms with Gasteiger partial charge in [-0.05, 0) is 57.2 Å². The summed E-state index contributed by atoms with van der Waals surface area (Å²) in [6.07, 6.45) is 3.87. The number of hydrogen-bond donors (Lipinski definition) is 2. The van der Waals surface area contributed by atoms with Crippen molar-refractivity contribution in [2.75, 3.05) is 11.9 Å². The molecule has 1 amide bonds. The zero-order chi connectivity index (χ0) is 21.8. The highest BCUT2D eigenvalue weighted by molar-refractivity contribution is 6.10. The SMILES string of the molecule is Cc1oc2ncnc(NC3(C)CC3)c2c1C(=O)N1CCC(O)CC1c1ccc(F)cc1. The van der Waals surface area contributed by atoms with Crippen molar-refractivity contribution in [2.45, 2.75) is 57.2 Å². The van der Waals surface area contributed by atoms with Gasteiger partial charge in [0, 0.05) is 12.1 Å². The van der Waals surface area contributed by atoms with Gasteiger partial charge < -0.3 is 19.7 Å². The van der Waals surface area contributed by atoms with Crippen molar-refractivity contribution in [2.24, 2.45) is 0 Å². The van der Waals surface area contributed by atoms with E-state index < -0.39 is 6.10 Å². The number of likely N-dealkylation sites (tertiary alicyclic amines) is 1. The number of benzene rings is 1. The highest BCUT2D eigenvalue weighted by atomic mass is 19.1. The number of amides is 1. The smallest absolute Gasteiger partial charge is 0.258 e. The summed E-state index contributed by atoms with van der Waals surface area (Å²) in [7, 11) is 0. The predicted molar refractivity (Wildman–Crippen MR) is 113 cm³/mol. The molecule has 0 spiro atoms. The third kappa shape index (κ3) is 3.65. The number of aromatic nitrogens is 2. The number of anilines is 1. The molecular weight excluding hydrogens is 399 g/mol. The maximum Gasteiger partial charge on any atom is 0.258 e. The van der Waals surface area contributed by atoms with Crippen LogP contribution in [0.2, 0.25) is 0 Å². The van der Waals surface area contributed by atoms with Crippen molar-refractivity contribution in [3.8, 4) is 0 Å². The Labute approximate surface area is 179 Å². The molecule has 5 rings (SSSR count). The van der Waals surface area contributed by atoms with E-state index in [-0.39, 0.29) is 23.3 Å². The molecule has 7 nitrogen and oxygen atoms in total. The Balaban J connectivity index is 1.56. The van der Waals surface area contributed by atoms with Crippen LogP contribution < -0.4 is 5.32 Å². The van der Waals surface area contributed by atoms with Gasteiger partial charge in [-0.2, -0.15) is 0 Å². The molecule has 31 heavy (non-hydrogen) atoms. The zero-order valence-corrected chi connectivity index (χ0v) is 17.6. The van der Waals surface area contributed by atoms with Gasteiger partial charge in [0.1, 0.15) is 23.7 Å². The van der Waals surface area contributed by atoms with Crippen LogP contribution in [0.25, 0.3) is 11.1 Å². The van der Waals surface area contributed by atoms with E-state index in [1.807, 2.05) is 0 Å². The molecule has 2 atom stereocenters. The highest BCUT2D eigenvalue weighted by Crippen LogP contribution is 2.41. The largest absolute Gasteiger partial charge is 0.442 e. The van der Waals surface area contributed by atoms with E-state index in [1.54, 1.807) is 24.0 Å². The number of aryl methyl sites for hydroxylation is 1. The zero-order valence-electron chi connectivity index (χ0n) is 17.6. The molecule has 8 heteroatoms. The number of halogens is 1. The van der Waals surface area contributed by atoms with Crippen molar-refractivity contribution in [3.05, 3.63) is 53.3 Å². The predicted octanol–water partition coefficient (Wildman–Crippen LogP) is 3.97. The Morgan fingerprint density at radius 2 is 2.03 bits per heavy atom. The van der Waals surface area contributed by atoms with Crippen LogP contribution in [0.3, 0.4) is 0 Å². The van der Waals surface area contributed by atoms with Gasteiger partial charge in [-0.3, -0.25) is 4.79 Å². The summed E-state index contributed by atoms with van der Waals surface area (Å²) in [6.45, 7) is 4.26. The van der Waals surface area contributed by atoms with E-state index in [1.165, 1.54) is 18.5 Å². The number of furan rings is 1. The third-order valence-electron chi connectivity index (χ3n) is 6.39. The monoisotopic (exact) mass is 424 g/mol. The number of carbonyl (C=O) groups is 1. The minimum Gasteiger partial charge on any atom is -0.442 e. The van der Waals surface area contributed by atoms with E-state index in [9.17, 15) is 14.3 Å². The Hall–Kier alpha value is -3.00. The first-order chi connectivity index (χ1) is 14.8. The van der Waals surface area contributed by atoms with Crippen molar-refractivity contribution >= 4 is 22.8 Å². The molecule has 1 aliphatic carbocycles. The maximum atomic E-state index is 13.8. The van der Waals surface area contributed by atoms with Crippen molar-refractivity contribution in [1.82, 2.24) is 14.9 Å². The second-order valence-electron chi connectivity index (χ2n) is 8.87. The number of piperidine rings is 1. The molecule has 2 fully saturated rings. The first kappa shape index (κ1) is 19.9. The molecule has 1 saturated carbocycles. The molecule has 0 bridgehead atoms. The van der Waals surface area contributed by atoms with Gasteiger partial charge in [-0.1, -0.05) is 12.1 Å². The standard InChI is InChI=1S/C23H25FN4O3/c1-13-18(19-20(27-23(2)8-9-23)25-12-26-21(19)31-13)22(30)28-10-7-16(29)11-17(28)14-3-5-15(24)6-4-14/h3-6,12,16-17,29H,7-11H2,1-2H3,(H,25,26,27). The average molecular weight is 424 g/mol. The van der Waals surface area contributed by atoms with Crippen molar-refractivity contribution < 1.29 is 18.7 Å². The molecule has 1 saturated heterocycles. The van der Waals surface area contributed by atoms with Gasteiger partial charge in [0.05, 0.1) is 23.1 Å². The highest BCUT2D eigenvalue weighted by Gasteiger charge is 2.40. The summed E-state index contributed by atoms with van der Waals surface area (Å²) in [4.78, 5) is 24.2. The van der Waals surface area contributed by atoms with Crippen molar-refractivity contribution in [3.63, 3.8) is 0 Å². The maximum absolute atomic E-state index is 13.8. The summed E-state index contributed by atoms with van der Waals surface area (Å²) in [5.74, 6) is 0.543. The van der Waals surface area contributed by atoms with Crippen LogP contribution in [0.1, 0.15) is 60.3 Å². The molecule has 2 N–H and O–H groups in total. The van der Waals surface area contributed by atoms with Crippen LogP contribution in [0.5, 0.6) is 0 Å². The Bertz CT molecular complexity index is 1140. The molecule has 3 aromatic rings. The van der Waals surface area contributed by atoms with Crippen LogP contribution in [0.15, 0.2) is 35.0 Å². The lowest BCUT2D eigenvalue weighted by atomic mass is 9.92. The molecular formula is C23H25FN4O3. The number of nitrogens with zero attached hydrogens (tertiary/aromatic N) is 3. The lowest BCUT2D eigenvalue weighted by Gasteiger charge is -2.38. The normalized spacial score (nSPS) is 22.5. The van der Waals surface area contributed by atoms with Crippen LogP contribution >= 0.6 is 0 Å². The summed E-state index contributed by atoms with van der Waals surface area (Å²) in [5, 5.41) is 14.3. The second kappa shape index (κ2) is 7.30. The first-order valence-electron chi connectivity index (χ1n) is 10.6. The Morgan fingerprint density at radius 3 is 2.74 bits per heavy atom. The van der Waals surface area contributed by atoms with Gasteiger partial charge in [-0.25, -0.2) is 14.4 Å². The average Bonchev–Trinajstić information content (AvgIpc) is 3.36. The lowest BCUT2D eigenvalue weighted by molar-refractivity contribution is 0.0318. The third-order valence-corrected chi connectivity index (χ3v) is 6.39. The summed E-state index contributed by atoms with van der Waals surface area (Å²) in [5.41, 5.74) is 1.57. The molecule has 1 aromatic carbocycles.